The van der Waals surface area contributed by atoms with Crippen LogP contribution in [0.2, 0.25) is 0 Å². The number of halogens is 1. The second-order valence-electron chi connectivity index (χ2n) is 4.74. The maximum Gasteiger partial charge on any atom is 0.132 e. The Morgan fingerprint density at radius 1 is 1.35 bits per heavy atom. The van der Waals surface area contributed by atoms with Gasteiger partial charge in [0.15, 0.2) is 0 Å². The Morgan fingerprint density at radius 3 is 2.90 bits per heavy atom. The number of nitrogens with one attached hydrogen (secondary N) is 1. The molecule has 0 aliphatic rings. The van der Waals surface area contributed by atoms with Crippen molar-refractivity contribution in [3.8, 4) is 5.75 Å². The van der Waals surface area contributed by atoms with Crippen LogP contribution in [0.3, 0.4) is 0 Å². The molecule has 5 heteroatoms. The first-order chi connectivity index (χ1) is 9.67. The monoisotopic (exact) mass is 277 g/mol. The van der Waals surface area contributed by atoms with Crippen LogP contribution in [0.5, 0.6) is 5.75 Å². The summed E-state index contributed by atoms with van der Waals surface area (Å²) in [7, 11) is 1.85. The number of aryl methyl sites for hydroxylation is 1. The molecule has 0 aliphatic carbocycles. The average molecular weight is 277 g/mol. The summed E-state index contributed by atoms with van der Waals surface area (Å²) in [6, 6.07) is 6.65. The maximum absolute atomic E-state index is 13.5. The molecule has 108 valence electrons. The van der Waals surface area contributed by atoms with Crippen molar-refractivity contribution < 1.29 is 9.13 Å². The second-order valence-corrected chi connectivity index (χ2v) is 4.74. The van der Waals surface area contributed by atoms with E-state index in [2.05, 4.69) is 17.3 Å². The third-order valence-corrected chi connectivity index (χ3v) is 2.84. The zero-order chi connectivity index (χ0) is 14.4. The van der Waals surface area contributed by atoms with Crippen LogP contribution < -0.4 is 10.1 Å². The summed E-state index contributed by atoms with van der Waals surface area (Å²) in [5.74, 6) is 0.251. The fourth-order valence-corrected chi connectivity index (χ4v) is 1.91. The summed E-state index contributed by atoms with van der Waals surface area (Å²) in [5.41, 5.74) is 1.71. The van der Waals surface area contributed by atoms with Crippen LogP contribution in [0.15, 0.2) is 30.5 Å². The second kappa shape index (κ2) is 7.05. The van der Waals surface area contributed by atoms with Crippen LogP contribution in [0.25, 0.3) is 0 Å². The molecule has 0 atom stereocenters. The number of aromatic nitrogens is 2. The van der Waals surface area contributed by atoms with E-state index in [1.807, 2.05) is 25.4 Å². The fraction of sp³-hybridized carbons (Fsp3) is 0.400. The van der Waals surface area contributed by atoms with Gasteiger partial charge in [-0.2, -0.15) is 5.10 Å². The van der Waals surface area contributed by atoms with Gasteiger partial charge >= 0.3 is 0 Å². The van der Waals surface area contributed by atoms with Crippen LogP contribution in [0, 0.1) is 5.82 Å². The van der Waals surface area contributed by atoms with E-state index in [0.29, 0.717) is 18.9 Å². The number of nitrogens with zero attached hydrogens (tertiary/aromatic N) is 2. The number of rotatable bonds is 7. The number of benzene rings is 1. The van der Waals surface area contributed by atoms with Gasteiger partial charge in [0, 0.05) is 25.9 Å². The zero-order valence-electron chi connectivity index (χ0n) is 11.9. The number of hydrogen-bond donors (Lipinski definition) is 1. The molecule has 0 radical (unpaired) electrons. The van der Waals surface area contributed by atoms with Crippen molar-refractivity contribution in [3.05, 3.63) is 47.5 Å². The van der Waals surface area contributed by atoms with Crippen LogP contribution in [-0.4, -0.2) is 16.3 Å². The van der Waals surface area contributed by atoms with E-state index >= 15 is 0 Å². The minimum Gasteiger partial charge on any atom is -0.487 e. The summed E-state index contributed by atoms with van der Waals surface area (Å²) in [4.78, 5) is 0. The van der Waals surface area contributed by atoms with Crippen molar-refractivity contribution in [3.63, 3.8) is 0 Å². The molecule has 1 heterocycles. The predicted octanol–water partition coefficient (Wildman–Crippen LogP) is 2.64. The van der Waals surface area contributed by atoms with Gasteiger partial charge in [-0.05, 0) is 36.7 Å². The third kappa shape index (κ3) is 4.35. The lowest BCUT2D eigenvalue weighted by Crippen LogP contribution is -2.14. The smallest absolute Gasteiger partial charge is 0.132 e. The Morgan fingerprint density at radius 2 is 2.20 bits per heavy atom. The van der Waals surface area contributed by atoms with Gasteiger partial charge in [-0.3, -0.25) is 4.68 Å². The lowest BCUT2D eigenvalue weighted by molar-refractivity contribution is 0.298. The SMILES string of the molecule is CCCNCc1cc(F)cc(OCc2ccn(C)n2)c1. The van der Waals surface area contributed by atoms with Gasteiger partial charge in [-0.15, -0.1) is 0 Å². The summed E-state index contributed by atoms with van der Waals surface area (Å²) < 4.78 is 20.8. The normalized spacial score (nSPS) is 10.8. The van der Waals surface area contributed by atoms with E-state index in [1.165, 1.54) is 12.1 Å². The number of hydrogen-bond acceptors (Lipinski definition) is 3. The standard InChI is InChI=1S/C15H20FN3O/c1-3-5-17-10-12-7-13(16)9-15(8-12)20-11-14-4-6-19(2)18-14/h4,6-9,17H,3,5,10-11H2,1-2H3. The first kappa shape index (κ1) is 14.5. The summed E-state index contributed by atoms with van der Waals surface area (Å²) >= 11 is 0. The molecule has 0 aliphatic heterocycles. The number of ether oxygens (including phenoxy) is 1. The average Bonchev–Trinajstić information content (AvgIpc) is 2.82. The summed E-state index contributed by atoms with van der Waals surface area (Å²) in [6.45, 7) is 4.00. The maximum atomic E-state index is 13.5. The highest BCUT2D eigenvalue weighted by Crippen LogP contribution is 2.17. The quantitative estimate of drug-likeness (QED) is 0.791. The first-order valence-electron chi connectivity index (χ1n) is 6.79. The van der Waals surface area contributed by atoms with Crippen molar-refractivity contribution in [1.29, 1.82) is 0 Å². The highest BCUT2D eigenvalue weighted by Gasteiger charge is 2.04. The van der Waals surface area contributed by atoms with E-state index in [4.69, 9.17) is 4.74 Å². The molecule has 0 bridgehead atoms. The van der Waals surface area contributed by atoms with Crippen LogP contribution in [-0.2, 0) is 20.2 Å². The molecule has 0 fully saturated rings. The first-order valence-corrected chi connectivity index (χ1v) is 6.79. The molecule has 1 aromatic heterocycles. The molecule has 20 heavy (non-hydrogen) atoms. The van der Waals surface area contributed by atoms with Crippen molar-refractivity contribution in [2.24, 2.45) is 7.05 Å². The van der Waals surface area contributed by atoms with E-state index in [0.717, 1.165) is 24.2 Å². The molecule has 2 aromatic rings. The van der Waals surface area contributed by atoms with Gasteiger partial charge in [0.1, 0.15) is 18.2 Å². The minimum atomic E-state index is -0.281. The van der Waals surface area contributed by atoms with Crippen LogP contribution in [0.1, 0.15) is 24.6 Å². The summed E-state index contributed by atoms with van der Waals surface area (Å²) in [5, 5.41) is 7.46. The van der Waals surface area contributed by atoms with Gasteiger partial charge in [0.2, 0.25) is 0 Å². The van der Waals surface area contributed by atoms with Gasteiger partial charge in [0.25, 0.3) is 0 Å². The molecule has 2 rings (SSSR count). The molecule has 0 unspecified atom stereocenters. The van der Waals surface area contributed by atoms with Crippen LogP contribution >= 0.6 is 0 Å². The van der Waals surface area contributed by atoms with Gasteiger partial charge in [-0.25, -0.2) is 4.39 Å². The predicted molar refractivity (Wildman–Crippen MR) is 75.9 cm³/mol. The van der Waals surface area contributed by atoms with Crippen molar-refractivity contribution in [2.45, 2.75) is 26.5 Å². The molecule has 1 N–H and O–H groups in total. The Balaban J connectivity index is 1.96. The largest absolute Gasteiger partial charge is 0.487 e. The molecule has 0 spiro atoms. The molecular weight excluding hydrogens is 257 g/mol. The fourth-order valence-electron chi connectivity index (χ4n) is 1.91. The van der Waals surface area contributed by atoms with Crippen molar-refractivity contribution >= 4 is 0 Å². The third-order valence-electron chi connectivity index (χ3n) is 2.84. The zero-order valence-corrected chi connectivity index (χ0v) is 11.9. The molecule has 1 aromatic carbocycles. The van der Waals surface area contributed by atoms with E-state index < -0.39 is 0 Å². The molecule has 0 saturated carbocycles. The highest BCUT2D eigenvalue weighted by atomic mass is 19.1. The Kier molecular flexibility index (Phi) is 5.12. The molecule has 0 amide bonds. The van der Waals surface area contributed by atoms with Crippen LogP contribution in [0.4, 0.5) is 4.39 Å². The van der Waals surface area contributed by atoms with E-state index in [9.17, 15) is 4.39 Å². The lowest BCUT2D eigenvalue weighted by Gasteiger charge is -2.08. The minimum absolute atomic E-state index is 0.281. The molecule has 0 saturated heterocycles. The van der Waals surface area contributed by atoms with Crippen molar-refractivity contribution in [1.82, 2.24) is 15.1 Å². The Labute approximate surface area is 118 Å². The lowest BCUT2D eigenvalue weighted by atomic mass is 10.2. The Bertz CT molecular complexity index is 554. The topological polar surface area (TPSA) is 39.1 Å². The van der Waals surface area contributed by atoms with Gasteiger partial charge < -0.3 is 10.1 Å². The molecular formula is C15H20FN3O. The Hall–Kier alpha value is -1.88. The van der Waals surface area contributed by atoms with E-state index in [1.54, 1.807) is 4.68 Å². The van der Waals surface area contributed by atoms with Gasteiger partial charge in [-0.1, -0.05) is 6.92 Å². The molecule has 4 nitrogen and oxygen atoms in total. The highest BCUT2D eigenvalue weighted by molar-refractivity contribution is 5.29. The summed E-state index contributed by atoms with van der Waals surface area (Å²) in [6.07, 6.45) is 2.91. The van der Waals surface area contributed by atoms with Gasteiger partial charge in [0.05, 0.1) is 5.69 Å². The van der Waals surface area contributed by atoms with E-state index in [-0.39, 0.29) is 5.82 Å². The van der Waals surface area contributed by atoms with Crippen molar-refractivity contribution in [2.75, 3.05) is 6.54 Å².